The van der Waals surface area contributed by atoms with Crippen molar-refractivity contribution in [1.82, 2.24) is 4.98 Å². The SMILES string of the molecule is NC(Cc1cncc(Br)c1)c1ccc(Br)c(Cl)c1. The highest BCUT2D eigenvalue weighted by atomic mass is 79.9. The third kappa shape index (κ3) is 3.54. The molecule has 0 aliphatic rings. The van der Waals surface area contributed by atoms with Crippen molar-refractivity contribution in [2.45, 2.75) is 12.5 Å². The molecule has 0 spiro atoms. The summed E-state index contributed by atoms with van der Waals surface area (Å²) in [4.78, 5) is 4.13. The lowest BCUT2D eigenvalue weighted by Gasteiger charge is -2.13. The minimum atomic E-state index is -0.0910. The van der Waals surface area contributed by atoms with Crippen LogP contribution in [0.2, 0.25) is 5.02 Å². The second-order valence-electron chi connectivity index (χ2n) is 4.00. The first-order valence-electron chi connectivity index (χ1n) is 5.36. The Morgan fingerprint density at radius 1 is 1.22 bits per heavy atom. The maximum atomic E-state index is 6.18. The molecule has 18 heavy (non-hydrogen) atoms. The summed E-state index contributed by atoms with van der Waals surface area (Å²) in [6.45, 7) is 0. The Balaban J connectivity index is 2.16. The van der Waals surface area contributed by atoms with Crippen LogP contribution < -0.4 is 5.73 Å². The van der Waals surface area contributed by atoms with Crippen LogP contribution in [-0.2, 0) is 6.42 Å². The maximum absolute atomic E-state index is 6.18. The number of hydrogen-bond acceptors (Lipinski definition) is 2. The van der Waals surface area contributed by atoms with Gasteiger partial charge in [-0.25, -0.2) is 0 Å². The lowest BCUT2D eigenvalue weighted by atomic mass is 10.0. The lowest BCUT2D eigenvalue weighted by Crippen LogP contribution is -2.13. The second-order valence-corrected chi connectivity index (χ2v) is 6.17. The van der Waals surface area contributed by atoms with E-state index in [0.29, 0.717) is 5.02 Å². The van der Waals surface area contributed by atoms with Crippen molar-refractivity contribution >= 4 is 43.5 Å². The first-order valence-corrected chi connectivity index (χ1v) is 7.32. The van der Waals surface area contributed by atoms with Crippen molar-refractivity contribution < 1.29 is 0 Å². The molecule has 2 rings (SSSR count). The Kier molecular flexibility index (Phi) is 4.78. The normalized spacial score (nSPS) is 12.4. The van der Waals surface area contributed by atoms with Crippen LogP contribution in [0.3, 0.4) is 0 Å². The molecule has 0 aliphatic carbocycles. The van der Waals surface area contributed by atoms with Gasteiger partial charge in [0.1, 0.15) is 0 Å². The van der Waals surface area contributed by atoms with Gasteiger partial charge in [0, 0.05) is 27.4 Å². The first kappa shape index (κ1) is 14.0. The molecule has 0 radical (unpaired) electrons. The summed E-state index contributed by atoms with van der Waals surface area (Å²) in [7, 11) is 0. The van der Waals surface area contributed by atoms with Crippen molar-refractivity contribution in [3.63, 3.8) is 0 Å². The van der Waals surface area contributed by atoms with Crippen LogP contribution in [0.5, 0.6) is 0 Å². The molecule has 1 atom stereocenters. The Morgan fingerprint density at radius 3 is 2.67 bits per heavy atom. The first-order chi connectivity index (χ1) is 8.56. The fraction of sp³-hybridized carbons (Fsp3) is 0.154. The standard InChI is InChI=1S/C13H11Br2ClN2/c14-10-3-8(6-18-7-10)4-13(17)9-1-2-11(15)12(16)5-9/h1-3,5-7,13H,4,17H2. The summed E-state index contributed by atoms with van der Waals surface area (Å²) in [5.41, 5.74) is 8.29. The Hall–Kier alpha value is -0.420. The quantitative estimate of drug-likeness (QED) is 0.838. The smallest absolute Gasteiger partial charge is 0.0551 e. The monoisotopic (exact) mass is 388 g/mol. The second kappa shape index (κ2) is 6.15. The number of hydrogen-bond donors (Lipinski definition) is 1. The van der Waals surface area contributed by atoms with Gasteiger partial charge in [0.15, 0.2) is 0 Å². The number of nitrogens with two attached hydrogens (primary N) is 1. The Bertz CT molecular complexity index is 560. The highest BCUT2D eigenvalue weighted by Gasteiger charge is 2.09. The van der Waals surface area contributed by atoms with Gasteiger partial charge in [0.25, 0.3) is 0 Å². The van der Waals surface area contributed by atoms with Crippen molar-refractivity contribution in [1.29, 1.82) is 0 Å². The van der Waals surface area contributed by atoms with Crippen LogP contribution in [-0.4, -0.2) is 4.98 Å². The summed E-state index contributed by atoms with van der Waals surface area (Å²) in [5.74, 6) is 0. The van der Waals surface area contributed by atoms with Crippen molar-refractivity contribution in [2.24, 2.45) is 5.73 Å². The van der Waals surface area contributed by atoms with E-state index in [0.717, 1.165) is 26.5 Å². The summed E-state index contributed by atoms with van der Waals surface area (Å²) in [5, 5.41) is 0.676. The van der Waals surface area contributed by atoms with Gasteiger partial charge in [-0.1, -0.05) is 17.7 Å². The van der Waals surface area contributed by atoms with Crippen LogP contribution in [0.15, 0.2) is 45.6 Å². The molecular formula is C13H11Br2ClN2. The van der Waals surface area contributed by atoms with E-state index in [-0.39, 0.29) is 6.04 Å². The van der Waals surface area contributed by atoms with Gasteiger partial charge in [-0.15, -0.1) is 0 Å². The molecule has 0 bridgehead atoms. The molecule has 2 N–H and O–H groups in total. The minimum absolute atomic E-state index is 0.0910. The van der Waals surface area contributed by atoms with E-state index >= 15 is 0 Å². The topological polar surface area (TPSA) is 38.9 Å². The zero-order valence-electron chi connectivity index (χ0n) is 9.41. The van der Waals surface area contributed by atoms with Crippen LogP contribution in [0, 0.1) is 0 Å². The average Bonchev–Trinajstić information content (AvgIpc) is 2.32. The molecule has 1 aromatic heterocycles. The molecule has 0 amide bonds. The summed E-state index contributed by atoms with van der Waals surface area (Å²) in [6.07, 6.45) is 4.31. The van der Waals surface area contributed by atoms with Crippen molar-refractivity contribution in [3.8, 4) is 0 Å². The highest BCUT2D eigenvalue weighted by Crippen LogP contribution is 2.26. The maximum Gasteiger partial charge on any atom is 0.0551 e. The molecule has 2 aromatic rings. The summed E-state index contributed by atoms with van der Waals surface area (Å²) in [6, 6.07) is 7.71. The molecule has 0 fully saturated rings. The third-order valence-corrected chi connectivity index (χ3v) is 4.26. The van der Waals surface area contributed by atoms with Crippen LogP contribution in [0.25, 0.3) is 0 Å². The van der Waals surface area contributed by atoms with Gasteiger partial charge in [-0.2, -0.15) is 0 Å². The zero-order valence-corrected chi connectivity index (χ0v) is 13.3. The Labute approximate surface area is 128 Å². The predicted octanol–water partition coefficient (Wildman–Crippen LogP) is 4.50. The molecule has 5 heteroatoms. The fourth-order valence-corrected chi connectivity index (χ4v) is 2.53. The molecule has 2 nitrogen and oxygen atoms in total. The van der Waals surface area contributed by atoms with E-state index in [4.69, 9.17) is 17.3 Å². The van der Waals surface area contributed by atoms with E-state index in [2.05, 4.69) is 36.8 Å². The molecule has 94 valence electrons. The molecule has 1 unspecified atom stereocenters. The molecule has 1 aromatic carbocycles. The average molecular weight is 391 g/mol. The number of rotatable bonds is 3. The van der Waals surface area contributed by atoms with E-state index in [1.54, 1.807) is 6.20 Å². The number of aromatic nitrogens is 1. The molecule has 0 saturated heterocycles. The van der Waals surface area contributed by atoms with E-state index in [9.17, 15) is 0 Å². The van der Waals surface area contributed by atoms with E-state index in [1.807, 2.05) is 30.5 Å². The van der Waals surface area contributed by atoms with Gasteiger partial charge >= 0.3 is 0 Å². The number of halogens is 3. The number of nitrogens with zero attached hydrogens (tertiary/aromatic N) is 1. The molecular weight excluding hydrogens is 379 g/mol. The molecule has 1 heterocycles. The molecule has 0 aliphatic heterocycles. The van der Waals surface area contributed by atoms with Gasteiger partial charge in [0.05, 0.1) is 5.02 Å². The Morgan fingerprint density at radius 2 is 2.00 bits per heavy atom. The number of benzene rings is 1. The number of pyridine rings is 1. The predicted molar refractivity (Wildman–Crippen MR) is 81.7 cm³/mol. The zero-order chi connectivity index (χ0) is 13.1. The van der Waals surface area contributed by atoms with Crippen molar-refractivity contribution in [2.75, 3.05) is 0 Å². The fourth-order valence-electron chi connectivity index (χ4n) is 1.68. The van der Waals surface area contributed by atoms with Gasteiger partial charge < -0.3 is 5.73 Å². The van der Waals surface area contributed by atoms with Gasteiger partial charge in [0.2, 0.25) is 0 Å². The summed E-state index contributed by atoms with van der Waals surface area (Å²) < 4.78 is 1.84. The van der Waals surface area contributed by atoms with Gasteiger partial charge in [-0.3, -0.25) is 4.98 Å². The largest absolute Gasteiger partial charge is 0.324 e. The van der Waals surface area contributed by atoms with E-state index in [1.165, 1.54) is 0 Å². The van der Waals surface area contributed by atoms with E-state index < -0.39 is 0 Å². The summed E-state index contributed by atoms with van der Waals surface area (Å²) >= 11 is 12.8. The van der Waals surface area contributed by atoms with Gasteiger partial charge in [-0.05, 0) is 67.6 Å². The lowest BCUT2D eigenvalue weighted by molar-refractivity contribution is 0.719. The van der Waals surface area contributed by atoms with Crippen LogP contribution in [0.1, 0.15) is 17.2 Å². The highest BCUT2D eigenvalue weighted by molar-refractivity contribution is 9.10. The van der Waals surface area contributed by atoms with Crippen LogP contribution in [0.4, 0.5) is 0 Å². The minimum Gasteiger partial charge on any atom is -0.324 e. The molecule has 0 saturated carbocycles. The third-order valence-electron chi connectivity index (χ3n) is 2.59. The van der Waals surface area contributed by atoms with Crippen LogP contribution >= 0.6 is 43.5 Å². The van der Waals surface area contributed by atoms with Crippen molar-refractivity contribution in [3.05, 3.63) is 61.8 Å².